The molecule has 0 saturated carbocycles. The van der Waals surface area contributed by atoms with E-state index in [2.05, 4.69) is 43.5 Å². The van der Waals surface area contributed by atoms with Gasteiger partial charge < -0.3 is 28.8 Å². The van der Waals surface area contributed by atoms with E-state index in [1.165, 1.54) is 148 Å². The summed E-state index contributed by atoms with van der Waals surface area (Å²) in [6, 6.07) is -0.899. The number of nitrogens with zero attached hydrogens (tertiary/aromatic N) is 1. The lowest BCUT2D eigenvalue weighted by atomic mass is 10.0. The normalized spacial score (nSPS) is 14.6. The van der Waals surface area contributed by atoms with Gasteiger partial charge in [-0.2, -0.15) is 0 Å². The number of carbonyl (C=O) groups excluding carboxylic acids is 1. The number of aliphatic hydroxyl groups excluding tert-OH is 1. The van der Waals surface area contributed by atoms with Crippen LogP contribution in [0.3, 0.4) is 0 Å². The van der Waals surface area contributed by atoms with Gasteiger partial charge in [0.1, 0.15) is 13.2 Å². The molecule has 1 amide bonds. The quantitative estimate of drug-likeness (QED) is 0.0275. The first kappa shape index (κ1) is 54.7. The van der Waals surface area contributed by atoms with Crippen LogP contribution in [0, 0.1) is 0 Å². The Kier molecular flexibility index (Phi) is 38.3. The number of allylic oxidation sites excluding steroid dienone is 5. The number of amides is 1. The van der Waals surface area contributed by atoms with E-state index in [0.717, 1.165) is 38.5 Å². The zero-order chi connectivity index (χ0) is 41.4. The summed E-state index contributed by atoms with van der Waals surface area (Å²) in [5, 5.41) is 13.7. The van der Waals surface area contributed by atoms with Crippen molar-refractivity contribution in [3.63, 3.8) is 0 Å². The first-order valence-electron chi connectivity index (χ1n) is 23.4. The Hall–Kier alpha value is -1.28. The number of quaternary nitrogens is 1. The van der Waals surface area contributed by atoms with Gasteiger partial charge in [-0.25, -0.2) is 0 Å². The Balaban J connectivity index is 4.14. The first-order valence-corrected chi connectivity index (χ1v) is 24.8. The third-order valence-corrected chi connectivity index (χ3v) is 11.3. The molecule has 330 valence electrons. The summed E-state index contributed by atoms with van der Waals surface area (Å²) in [6.45, 7) is 4.57. The van der Waals surface area contributed by atoms with Crippen LogP contribution in [0.2, 0.25) is 0 Å². The molecular weight excluding hydrogens is 719 g/mol. The molecule has 56 heavy (non-hydrogen) atoms. The number of unbranched alkanes of at least 4 members (excludes halogenated alkanes) is 25. The van der Waals surface area contributed by atoms with E-state index in [9.17, 15) is 19.4 Å². The van der Waals surface area contributed by atoms with Gasteiger partial charge in [0.25, 0.3) is 7.82 Å². The Bertz CT molecular complexity index is 1010. The second-order valence-electron chi connectivity index (χ2n) is 17.1. The minimum atomic E-state index is -4.59. The van der Waals surface area contributed by atoms with Crippen LogP contribution < -0.4 is 10.2 Å². The number of rotatable bonds is 42. The minimum absolute atomic E-state index is 0.00632. The molecule has 0 rings (SSSR count). The molecule has 0 radical (unpaired) electrons. The zero-order valence-electron chi connectivity index (χ0n) is 37.3. The number of likely N-dealkylation sites (N-methyl/N-ethyl adjacent to an activating group) is 1. The molecule has 0 aromatic heterocycles. The summed E-state index contributed by atoms with van der Waals surface area (Å²) < 4.78 is 23.1. The highest BCUT2D eigenvalue weighted by atomic mass is 31.2. The van der Waals surface area contributed by atoms with Crippen molar-refractivity contribution in [3.05, 3.63) is 36.5 Å². The smallest absolute Gasteiger partial charge is 0.268 e. The van der Waals surface area contributed by atoms with Crippen molar-refractivity contribution in [1.29, 1.82) is 0 Å². The molecule has 0 heterocycles. The summed E-state index contributed by atoms with van der Waals surface area (Å²) in [5.74, 6) is -0.210. The van der Waals surface area contributed by atoms with Crippen LogP contribution in [-0.4, -0.2) is 68.5 Å². The van der Waals surface area contributed by atoms with E-state index >= 15 is 0 Å². The molecule has 3 atom stereocenters. The fourth-order valence-electron chi connectivity index (χ4n) is 6.57. The second-order valence-corrected chi connectivity index (χ2v) is 18.5. The van der Waals surface area contributed by atoms with Gasteiger partial charge in [0.15, 0.2) is 0 Å². The van der Waals surface area contributed by atoms with E-state index in [4.69, 9.17) is 9.05 Å². The minimum Gasteiger partial charge on any atom is -0.756 e. The van der Waals surface area contributed by atoms with Gasteiger partial charge in [0.05, 0.1) is 39.9 Å². The van der Waals surface area contributed by atoms with Crippen molar-refractivity contribution in [2.24, 2.45) is 0 Å². The SMILES string of the molecule is CCCCC/C=C/CC/C=C/C(O)C(COP(=O)([O-])OCC[N+](C)(C)C)NC(=O)CCCCCCCCCCCCCCC/C=C\CCCCCCCCCC. The zero-order valence-corrected chi connectivity index (χ0v) is 38.2. The van der Waals surface area contributed by atoms with Crippen LogP contribution in [0.4, 0.5) is 0 Å². The highest BCUT2D eigenvalue weighted by Crippen LogP contribution is 2.38. The fourth-order valence-corrected chi connectivity index (χ4v) is 7.30. The number of phosphoric acid groups is 1. The average molecular weight is 811 g/mol. The van der Waals surface area contributed by atoms with Crippen molar-refractivity contribution in [1.82, 2.24) is 5.32 Å². The second kappa shape index (κ2) is 39.2. The average Bonchev–Trinajstić information content (AvgIpc) is 3.15. The van der Waals surface area contributed by atoms with Gasteiger partial charge in [0.2, 0.25) is 5.91 Å². The molecule has 2 N–H and O–H groups in total. The van der Waals surface area contributed by atoms with Gasteiger partial charge in [0, 0.05) is 6.42 Å². The molecule has 8 nitrogen and oxygen atoms in total. The molecule has 0 fully saturated rings. The van der Waals surface area contributed by atoms with Crippen LogP contribution in [0.25, 0.3) is 0 Å². The lowest BCUT2D eigenvalue weighted by Crippen LogP contribution is -2.45. The number of hydrogen-bond donors (Lipinski definition) is 2. The Morgan fingerprint density at radius 2 is 1.00 bits per heavy atom. The fraction of sp³-hybridized carbons (Fsp3) is 0.851. The third kappa shape index (κ3) is 40.9. The van der Waals surface area contributed by atoms with Gasteiger partial charge in [-0.05, 0) is 57.8 Å². The van der Waals surface area contributed by atoms with Crippen molar-refractivity contribution in [3.8, 4) is 0 Å². The highest BCUT2D eigenvalue weighted by Gasteiger charge is 2.23. The summed E-state index contributed by atoms with van der Waals surface area (Å²) in [6.07, 6.45) is 47.9. The molecule has 9 heteroatoms. The molecule has 0 bridgehead atoms. The number of nitrogens with one attached hydrogen (secondary N) is 1. The Morgan fingerprint density at radius 1 is 0.607 bits per heavy atom. The first-order chi connectivity index (χ1) is 27.0. The van der Waals surface area contributed by atoms with E-state index in [1.807, 2.05) is 27.2 Å². The molecule has 0 saturated heterocycles. The van der Waals surface area contributed by atoms with Crippen molar-refractivity contribution >= 4 is 13.7 Å². The highest BCUT2D eigenvalue weighted by molar-refractivity contribution is 7.45. The van der Waals surface area contributed by atoms with Crippen LogP contribution in [0.1, 0.15) is 206 Å². The van der Waals surface area contributed by atoms with Gasteiger partial charge >= 0.3 is 0 Å². The van der Waals surface area contributed by atoms with Crippen molar-refractivity contribution < 1.29 is 32.9 Å². The predicted octanol–water partition coefficient (Wildman–Crippen LogP) is 12.5. The van der Waals surface area contributed by atoms with Crippen molar-refractivity contribution in [2.45, 2.75) is 219 Å². The van der Waals surface area contributed by atoms with Gasteiger partial charge in [-0.1, -0.05) is 179 Å². The number of hydrogen-bond acceptors (Lipinski definition) is 6. The van der Waals surface area contributed by atoms with Crippen LogP contribution in [0.15, 0.2) is 36.5 Å². The van der Waals surface area contributed by atoms with E-state index in [0.29, 0.717) is 17.4 Å². The van der Waals surface area contributed by atoms with Crippen molar-refractivity contribution in [2.75, 3.05) is 40.9 Å². The summed E-state index contributed by atoms with van der Waals surface area (Å²) in [5.41, 5.74) is 0. The Labute approximate surface area is 347 Å². The monoisotopic (exact) mass is 811 g/mol. The van der Waals surface area contributed by atoms with E-state index < -0.39 is 26.6 Å². The summed E-state index contributed by atoms with van der Waals surface area (Å²) in [7, 11) is 1.24. The molecule has 3 unspecified atom stereocenters. The number of carbonyl (C=O) groups is 1. The molecule has 0 aliphatic heterocycles. The maximum atomic E-state index is 12.8. The van der Waals surface area contributed by atoms with Gasteiger partial charge in [-0.15, -0.1) is 0 Å². The molecule has 0 aromatic rings. The third-order valence-electron chi connectivity index (χ3n) is 10.3. The van der Waals surface area contributed by atoms with E-state index in [-0.39, 0.29) is 12.5 Å². The predicted molar refractivity (Wildman–Crippen MR) is 238 cm³/mol. The molecule has 0 spiro atoms. The largest absolute Gasteiger partial charge is 0.756 e. The van der Waals surface area contributed by atoms with Crippen LogP contribution in [-0.2, 0) is 18.4 Å². The Morgan fingerprint density at radius 3 is 1.48 bits per heavy atom. The molecule has 0 aromatic carbocycles. The maximum absolute atomic E-state index is 12.8. The maximum Gasteiger partial charge on any atom is 0.268 e. The van der Waals surface area contributed by atoms with Crippen LogP contribution in [0.5, 0.6) is 0 Å². The number of phosphoric ester groups is 1. The van der Waals surface area contributed by atoms with Gasteiger partial charge in [-0.3, -0.25) is 9.36 Å². The summed E-state index contributed by atoms with van der Waals surface area (Å²) in [4.78, 5) is 25.2. The topological polar surface area (TPSA) is 108 Å². The standard InChI is InChI=1S/C47H91N2O6P/c1-6-8-10-12-14-16-17-18-19-20-21-22-23-24-25-26-27-28-29-30-31-33-35-37-39-41-47(51)48-45(44-55-56(52,53)54-43-42-49(3,4)5)46(50)40-38-36-34-32-15-13-11-9-7-2/h15,20-21,32,38,40,45-46,50H,6-14,16-19,22-31,33-37,39,41-44H2,1-5H3,(H-,48,51,52,53)/b21-20-,32-15+,40-38+. The molecule has 0 aliphatic rings. The lowest BCUT2D eigenvalue weighted by Gasteiger charge is -2.29. The van der Waals surface area contributed by atoms with E-state index in [1.54, 1.807) is 6.08 Å². The number of aliphatic hydroxyl groups is 1. The summed E-state index contributed by atoms with van der Waals surface area (Å²) >= 11 is 0. The van der Waals surface area contributed by atoms with Crippen LogP contribution >= 0.6 is 7.82 Å². The molecule has 0 aliphatic carbocycles. The molecular formula is C47H91N2O6P. The lowest BCUT2D eigenvalue weighted by molar-refractivity contribution is -0.870.